The van der Waals surface area contributed by atoms with E-state index in [0.717, 1.165) is 35.4 Å². The number of rotatable bonds is 3. The molecule has 0 atom stereocenters. The summed E-state index contributed by atoms with van der Waals surface area (Å²) in [7, 11) is 0. The maximum absolute atomic E-state index is 13.8. The van der Waals surface area contributed by atoms with Crippen LogP contribution in [0.5, 0.6) is 0 Å². The van der Waals surface area contributed by atoms with Gasteiger partial charge in [0.25, 0.3) is 0 Å². The summed E-state index contributed by atoms with van der Waals surface area (Å²) < 4.78 is 15.5. The number of benzene rings is 1. The van der Waals surface area contributed by atoms with Gasteiger partial charge in [-0.2, -0.15) is 5.10 Å². The summed E-state index contributed by atoms with van der Waals surface area (Å²) in [6.45, 7) is 1.91. The number of hydrogen-bond donors (Lipinski definition) is 0. The molecule has 23 heavy (non-hydrogen) atoms. The Hall–Kier alpha value is -2.20. The topological polar surface area (TPSA) is 30.7 Å². The van der Waals surface area contributed by atoms with Crippen molar-refractivity contribution in [2.75, 3.05) is 0 Å². The van der Waals surface area contributed by atoms with Gasteiger partial charge in [-0.3, -0.25) is 0 Å². The Morgan fingerprint density at radius 3 is 2.70 bits per heavy atom. The van der Waals surface area contributed by atoms with Crippen molar-refractivity contribution in [1.82, 2.24) is 14.8 Å². The minimum Gasteiger partial charge on any atom is -0.241 e. The lowest BCUT2D eigenvalue weighted by Gasteiger charge is -2.12. The molecule has 4 rings (SSSR count). The fourth-order valence-electron chi connectivity index (χ4n) is 2.75. The zero-order valence-corrected chi connectivity index (χ0v) is 13.4. The molecule has 3 nitrogen and oxygen atoms in total. The molecule has 2 heterocycles. The number of hydrogen-bond acceptors (Lipinski definition) is 2. The molecular formula is C18H15ClFN3. The van der Waals surface area contributed by atoms with Crippen LogP contribution < -0.4 is 0 Å². The summed E-state index contributed by atoms with van der Waals surface area (Å²) in [5, 5.41) is 4.87. The molecule has 0 unspecified atom stereocenters. The van der Waals surface area contributed by atoms with E-state index in [1.54, 1.807) is 10.7 Å². The van der Waals surface area contributed by atoms with Crippen molar-refractivity contribution >= 4 is 11.6 Å². The SMILES string of the molecule is Cc1ccn(-c2cc(F)ccc2-c2cc(Cl)nc(C3CC3)c2)n1. The molecule has 3 aromatic rings. The van der Waals surface area contributed by atoms with Gasteiger partial charge in [0.2, 0.25) is 0 Å². The van der Waals surface area contributed by atoms with Gasteiger partial charge in [-0.05, 0) is 55.7 Å². The number of aromatic nitrogens is 3. The van der Waals surface area contributed by atoms with Crippen molar-refractivity contribution in [2.24, 2.45) is 0 Å². The van der Waals surface area contributed by atoms with Crippen molar-refractivity contribution < 1.29 is 4.39 Å². The van der Waals surface area contributed by atoms with E-state index >= 15 is 0 Å². The third-order valence-corrected chi connectivity index (χ3v) is 4.24. The van der Waals surface area contributed by atoms with Gasteiger partial charge >= 0.3 is 0 Å². The lowest BCUT2D eigenvalue weighted by Crippen LogP contribution is -2.00. The molecule has 1 saturated carbocycles. The van der Waals surface area contributed by atoms with Crippen LogP contribution in [0.3, 0.4) is 0 Å². The van der Waals surface area contributed by atoms with Crippen LogP contribution in [0, 0.1) is 12.7 Å². The van der Waals surface area contributed by atoms with Crippen LogP contribution in [0.15, 0.2) is 42.6 Å². The van der Waals surface area contributed by atoms with Crippen LogP contribution >= 0.6 is 11.6 Å². The standard InChI is InChI=1S/C18H15ClFN3/c1-11-6-7-23(22-11)17-10-14(20)4-5-15(17)13-8-16(12-2-3-12)21-18(19)9-13/h4-10,12H,2-3H2,1H3. The van der Waals surface area contributed by atoms with E-state index in [2.05, 4.69) is 16.1 Å². The average molecular weight is 328 g/mol. The quantitative estimate of drug-likeness (QED) is 0.640. The van der Waals surface area contributed by atoms with Gasteiger partial charge in [0.15, 0.2) is 0 Å². The molecule has 0 N–H and O–H groups in total. The number of pyridine rings is 1. The molecule has 1 aromatic carbocycles. The third kappa shape index (κ3) is 2.86. The third-order valence-electron chi connectivity index (χ3n) is 4.05. The van der Waals surface area contributed by atoms with Crippen LogP contribution in [0.4, 0.5) is 4.39 Å². The highest BCUT2D eigenvalue weighted by Gasteiger charge is 2.26. The first-order chi connectivity index (χ1) is 11.1. The van der Waals surface area contributed by atoms with Crippen LogP contribution in [-0.2, 0) is 0 Å². The van der Waals surface area contributed by atoms with E-state index in [-0.39, 0.29) is 5.82 Å². The largest absolute Gasteiger partial charge is 0.241 e. The molecule has 1 fully saturated rings. The summed E-state index contributed by atoms with van der Waals surface area (Å²) in [5.41, 5.74) is 4.42. The number of nitrogens with zero attached hydrogens (tertiary/aromatic N) is 3. The Morgan fingerprint density at radius 1 is 1.17 bits per heavy atom. The van der Waals surface area contributed by atoms with Crippen LogP contribution in [0.25, 0.3) is 16.8 Å². The zero-order valence-electron chi connectivity index (χ0n) is 12.6. The van der Waals surface area contributed by atoms with E-state index in [1.165, 1.54) is 12.1 Å². The van der Waals surface area contributed by atoms with Crippen LogP contribution in [-0.4, -0.2) is 14.8 Å². The Balaban J connectivity index is 1.89. The normalized spacial score (nSPS) is 14.2. The van der Waals surface area contributed by atoms with E-state index in [4.69, 9.17) is 11.6 Å². The summed E-state index contributed by atoms with van der Waals surface area (Å²) in [6.07, 6.45) is 4.14. The maximum Gasteiger partial charge on any atom is 0.129 e. The van der Waals surface area contributed by atoms with Gasteiger partial charge in [0.05, 0.1) is 11.4 Å². The summed E-state index contributed by atoms with van der Waals surface area (Å²) in [6, 6.07) is 10.5. The minimum atomic E-state index is -0.292. The fourth-order valence-corrected chi connectivity index (χ4v) is 2.96. The molecule has 116 valence electrons. The molecule has 0 bridgehead atoms. The summed E-state index contributed by atoms with van der Waals surface area (Å²) in [5.74, 6) is 0.211. The van der Waals surface area contributed by atoms with Gasteiger partial charge in [-0.25, -0.2) is 14.1 Å². The molecule has 1 aliphatic rings. The Bertz CT molecular complexity index is 884. The predicted molar refractivity (Wildman–Crippen MR) is 88.5 cm³/mol. The van der Waals surface area contributed by atoms with Crippen molar-refractivity contribution in [3.63, 3.8) is 0 Å². The van der Waals surface area contributed by atoms with Gasteiger partial charge < -0.3 is 0 Å². The number of aryl methyl sites for hydroxylation is 1. The van der Waals surface area contributed by atoms with Gasteiger partial charge in [0, 0.05) is 29.4 Å². The first kappa shape index (κ1) is 14.4. The molecule has 0 aliphatic heterocycles. The lowest BCUT2D eigenvalue weighted by atomic mass is 10.0. The van der Waals surface area contributed by atoms with Gasteiger partial charge in [-0.15, -0.1) is 0 Å². The Morgan fingerprint density at radius 2 is 2.00 bits per heavy atom. The monoisotopic (exact) mass is 327 g/mol. The molecule has 2 aromatic heterocycles. The number of halogens is 2. The van der Waals surface area contributed by atoms with E-state index < -0.39 is 0 Å². The highest BCUT2D eigenvalue weighted by atomic mass is 35.5. The second-order valence-corrected chi connectivity index (χ2v) is 6.33. The minimum absolute atomic E-state index is 0.292. The summed E-state index contributed by atoms with van der Waals surface area (Å²) in [4.78, 5) is 4.41. The van der Waals surface area contributed by atoms with E-state index in [0.29, 0.717) is 16.8 Å². The first-order valence-electron chi connectivity index (χ1n) is 7.60. The van der Waals surface area contributed by atoms with Gasteiger partial charge in [0.1, 0.15) is 11.0 Å². The Kier molecular flexibility index (Phi) is 3.42. The average Bonchev–Trinajstić information content (AvgIpc) is 3.28. The fraction of sp³-hybridized carbons (Fsp3) is 0.222. The molecule has 1 aliphatic carbocycles. The van der Waals surface area contributed by atoms with E-state index in [1.807, 2.05) is 25.3 Å². The highest BCUT2D eigenvalue weighted by Crippen LogP contribution is 2.41. The molecule has 0 amide bonds. The smallest absolute Gasteiger partial charge is 0.129 e. The zero-order chi connectivity index (χ0) is 16.0. The summed E-state index contributed by atoms with van der Waals surface area (Å²) >= 11 is 6.20. The maximum atomic E-state index is 13.8. The van der Waals surface area contributed by atoms with Crippen molar-refractivity contribution in [3.05, 3.63) is 65.0 Å². The second-order valence-electron chi connectivity index (χ2n) is 5.94. The molecule has 0 radical (unpaired) electrons. The molecule has 0 saturated heterocycles. The van der Waals surface area contributed by atoms with Crippen molar-refractivity contribution in [2.45, 2.75) is 25.7 Å². The molecule has 0 spiro atoms. The lowest BCUT2D eigenvalue weighted by molar-refractivity contribution is 0.625. The van der Waals surface area contributed by atoms with Crippen LogP contribution in [0.1, 0.15) is 30.1 Å². The Labute approximate surface area is 138 Å². The van der Waals surface area contributed by atoms with Crippen molar-refractivity contribution in [1.29, 1.82) is 0 Å². The molecule has 5 heteroatoms. The first-order valence-corrected chi connectivity index (χ1v) is 7.98. The van der Waals surface area contributed by atoms with Gasteiger partial charge in [-0.1, -0.05) is 11.6 Å². The molecular weight excluding hydrogens is 313 g/mol. The second kappa shape index (κ2) is 5.46. The van der Waals surface area contributed by atoms with Crippen LogP contribution in [0.2, 0.25) is 5.15 Å². The van der Waals surface area contributed by atoms with Crippen molar-refractivity contribution in [3.8, 4) is 16.8 Å². The highest BCUT2D eigenvalue weighted by molar-refractivity contribution is 6.29. The van der Waals surface area contributed by atoms with E-state index in [9.17, 15) is 4.39 Å². The predicted octanol–water partition coefficient (Wildman–Crippen LogP) is 4.91.